The Bertz CT molecular complexity index is 1210. The van der Waals surface area contributed by atoms with Crippen LogP contribution in [0.5, 0.6) is 5.75 Å². The van der Waals surface area contributed by atoms with Crippen LogP contribution in [0, 0.1) is 0 Å². The minimum Gasteiger partial charge on any atom is -0.507 e. The van der Waals surface area contributed by atoms with E-state index in [1.165, 1.54) is 4.90 Å². The minimum absolute atomic E-state index is 0.0343. The smallest absolute Gasteiger partial charge is 0.295 e. The topological polar surface area (TPSA) is 79.7 Å². The molecule has 0 spiro atoms. The van der Waals surface area contributed by atoms with E-state index >= 15 is 0 Å². The van der Waals surface area contributed by atoms with E-state index in [2.05, 4.69) is 11.9 Å². The third-order valence-electron chi connectivity index (χ3n) is 5.70. The number of likely N-dealkylation sites (tertiary alicyclic amines) is 1. The first-order chi connectivity index (χ1) is 16.5. The summed E-state index contributed by atoms with van der Waals surface area (Å²) in [7, 11) is 0. The normalized spacial score (nSPS) is 17.2. The highest BCUT2D eigenvalue weighted by Gasteiger charge is 2.46. The molecule has 1 aromatic heterocycles. The standard InChI is InChI=1S/C27H25ClN2O4/c1-2-3-15-34-22-6-4-5-20(16-22)25(31)23-24(19-7-9-21(28)10-8-19)30(27(33)26(23)32)17-18-11-13-29-14-12-18/h4-14,16,24,31H,2-3,15,17H2,1H3. The van der Waals surface area contributed by atoms with E-state index in [9.17, 15) is 14.7 Å². The highest BCUT2D eigenvalue weighted by Crippen LogP contribution is 2.40. The second-order valence-electron chi connectivity index (χ2n) is 8.06. The Morgan fingerprint density at radius 1 is 1.09 bits per heavy atom. The molecule has 1 aliphatic heterocycles. The van der Waals surface area contributed by atoms with Gasteiger partial charge in [-0.15, -0.1) is 0 Å². The van der Waals surface area contributed by atoms with Gasteiger partial charge in [0.25, 0.3) is 11.7 Å². The number of hydrogen-bond acceptors (Lipinski definition) is 5. The third-order valence-corrected chi connectivity index (χ3v) is 5.95. The van der Waals surface area contributed by atoms with Gasteiger partial charge in [-0.05, 0) is 53.9 Å². The summed E-state index contributed by atoms with van der Waals surface area (Å²) in [5.74, 6) is -1.06. The van der Waals surface area contributed by atoms with Crippen molar-refractivity contribution in [1.82, 2.24) is 9.88 Å². The minimum atomic E-state index is -0.768. The average Bonchev–Trinajstić information content (AvgIpc) is 3.10. The van der Waals surface area contributed by atoms with Crippen LogP contribution in [-0.2, 0) is 16.1 Å². The predicted molar refractivity (Wildman–Crippen MR) is 130 cm³/mol. The third kappa shape index (κ3) is 4.97. The first-order valence-corrected chi connectivity index (χ1v) is 11.5. The molecule has 2 heterocycles. The lowest BCUT2D eigenvalue weighted by molar-refractivity contribution is -0.140. The maximum absolute atomic E-state index is 13.2. The SMILES string of the molecule is CCCCOc1cccc(C(O)=C2C(=O)C(=O)N(Cc3ccncc3)C2c2ccc(Cl)cc2)c1. The Kier molecular flexibility index (Phi) is 7.28. The monoisotopic (exact) mass is 476 g/mol. The Morgan fingerprint density at radius 2 is 1.82 bits per heavy atom. The zero-order valence-electron chi connectivity index (χ0n) is 18.8. The average molecular weight is 477 g/mol. The number of unbranched alkanes of at least 4 members (excludes halogenated alkanes) is 1. The molecule has 3 aromatic rings. The number of rotatable bonds is 8. The quantitative estimate of drug-likeness (QED) is 0.200. The van der Waals surface area contributed by atoms with Crippen LogP contribution in [0.2, 0.25) is 5.02 Å². The van der Waals surface area contributed by atoms with Gasteiger partial charge in [0.05, 0.1) is 18.2 Å². The molecule has 1 fully saturated rings. The summed E-state index contributed by atoms with van der Waals surface area (Å²) in [6.07, 6.45) is 5.18. The number of ketones is 1. The number of Topliss-reactive ketones (excluding diaryl/α,β-unsaturated/α-hetero) is 1. The van der Waals surface area contributed by atoms with Crippen molar-refractivity contribution in [3.8, 4) is 5.75 Å². The number of aliphatic hydroxyl groups excluding tert-OH is 1. The largest absolute Gasteiger partial charge is 0.507 e. The van der Waals surface area contributed by atoms with Crippen LogP contribution in [-0.4, -0.2) is 33.3 Å². The molecule has 0 aliphatic carbocycles. The van der Waals surface area contributed by atoms with E-state index in [0.717, 1.165) is 18.4 Å². The van der Waals surface area contributed by atoms with Crippen LogP contribution in [0.3, 0.4) is 0 Å². The number of hydrogen-bond donors (Lipinski definition) is 1. The number of aromatic nitrogens is 1. The summed E-state index contributed by atoms with van der Waals surface area (Å²) in [6.45, 7) is 2.83. The van der Waals surface area contributed by atoms with Gasteiger partial charge in [0.15, 0.2) is 0 Å². The fourth-order valence-electron chi connectivity index (χ4n) is 3.94. The number of carbonyl (C=O) groups is 2. The number of benzene rings is 2. The molecule has 1 amide bonds. The zero-order chi connectivity index (χ0) is 24.1. The molecule has 0 bridgehead atoms. The van der Waals surface area contributed by atoms with Gasteiger partial charge < -0.3 is 14.7 Å². The van der Waals surface area contributed by atoms with E-state index < -0.39 is 17.7 Å². The van der Waals surface area contributed by atoms with Gasteiger partial charge in [0, 0.05) is 29.5 Å². The Labute approximate surface area is 203 Å². The fourth-order valence-corrected chi connectivity index (χ4v) is 4.07. The number of ether oxygens (including phenoxy) is 1. The lowest BCUT2D eigenvalue weighted by Crippen LogP contribution is -2.29. The van der Waals surface area contributed by atoms with E-state index in [0.29, 0.717) is 28.5 Å². The molecule has 2 aromatic carbocycles. The molecule has 0 radical (unpaired) electrons. The first-order valence-electron chi connectivity index (χ1n) is 11.2. The van der Waals surface area contributed by atoms with Crippen LogP contribution in [0.4, 0.5) is 0 Å². The van der Waals surface area contributed by atoms with Gasteiger partial charge >= 0.3 is 0 Å². The molecule has 1 atom stereocenters. The maximum atomic E-state index is 13.2. The number of halogens is 1. The summed E-state index contributed by atoms with van der Waals surface area (Å²) in [6, 6.07) is 16.6. The molecule has 1 N–H and O–H groups in total. The Morgan fingerprint density at radius 3 is 2.53 bits per heavy atom. The molecule has 1 unspecified atom stereocenters. The van der Waals surface area contributed by atoms with Gasteiger partial charge in [-0.1, -0.05) is 49.2 Å². The van der Waals surface area contributed by atoms with Gasteiger partial charge in [0.2, 0.25) is 0 Å². The van der Waals surface area contributed by atoms with Crippen molar-refractivity contribution < 1.29 is 19.4 Å². The van der Waals surface area contributed by atoms with Gasteiger partial charge in [-0.3, -0.25) is 14.6 Å². The summed E-state index contributed by atoms with van der Waals surface area (Å²) < 4.78 is 5.76. The van der Waals surface area contributed by atoms with Gasteiger partial charge in [-0.2, -0.15) is 0 Å². The molecule has 6 nitrogen and oxygen atoms in total. The van der Waals surface area contributed by atoms with E-state index in [1.54, 1.807) is 73.1 Å². The second kappa shape index (κ2) is 10.5. The fraction of sp³-hybridized carbons (Fsp3) is 0.222. The Hall–Kier alpha value is -3.64. The predicted octanol–water partition coefficient (Wildman–Crippen LogP) is 5.54. The van der Waals surface area contributed by atoms with E-state index in [4.69, 9.17) is 16.3 Å². The highest BCUT2D eigenvalue weighted by atomic mass is 35.5. The molecule has 4 rings (SSSR count). The van der Waals surface area contributed by atoms with Crippen LogP contribution < -0.4 is 4.74 Å². The number of carbonyl (C=O) groups excluding carboxylic acids is 2. The lowest BCUT2D eigenvalue weighted by Gasteiger charge is -2.25. The second-order valence-corrected chi connectivity index (χ2v) is 8.50. The van der Waals surface area contributed by atoms with Gasteiger partial charge in [0.1, 0.15) is 11.5 Å². The molecule has 0 saturated carbocycles. The summed E-state index contributed by atoms with van der Waals surface area (Å²) in [5, 5.41) is 11.8. The summed E-state index contributed by atoms with van der Waals surface area (Å²) in [5.41, 5.74) is 1.94. The Balaban J connectivity index is 1.78. The van der Waals surface area contributed by atoms with Crippen LogP contribution in [0.1, 0.15) is 42.5 Å². The highest BCUT2D eigenvalue weighted by molar-refractivity contribution is 6.46. The molecule has 34 heavy (non-hydrogen) atoms. The lowest BCUT2D eigenvalue weighted by atomic mass is 9.95. The van der Waals surface area contributed by atoms with Crippen molar-refractivity contribution in [3.63, 3.8) is 0 Å². The molecule has 7 heteroatoms. The summed E-state index contributed by atoms with van der Waals surface area (Å²) in [4.78, 5) is 31.8. The van der Waals surface area contributed by atoms with Crippen molar-refractivity contribution in [2.24, 2.45) is 0 Å². The van der Waals surface area contributed by atoms with E-state index in [1.807, 2.05) is 0 Å². The molecular weight excluding hydrogens is 452 g/mol. The first kappa shape index (κ1) is 23.5. The van der Waals surface area contributed by atoms with Crippen LogP contribution in [0.25, 0.3) is 5.76 Å². The van der Waals surface area contributed by atoms with Crippen LogP contribution >= 0.6 is 11.6 Å². The van der Waals surface area contributed by atoms with Crippen molar-refractivity contribution >= 4 is 29.1 Å². The molecule has 1 aliphatic rings. The van der Waals surface area contributed by atoms with E-state index in [-0.39, 0.29) is 17.9 Å². The van der Waals surface area contributed by atoms with Crippen molar-refractivity contribution in [1.29, 1.82) is 0 Å². The van der Waals surface area contributed by atoms with Crippen molar-refractivity contribution in [2.75, 3.05) is 6.61 Å². The number of amides is 1. The molecular formula is C27H25ClN2O4. The molecule has 174 valence electrons. The van der Waals surface area contributed by atoms with Crippen molar-refractivity contribution in [2.45, 2.75) is 32.4 Å². The number of nitrogens with zero attached hydrogens (tertiary/aromatic N) is 2. The maximum Gasteiger partial charge on any atom is 0.295 e. The van der Waals surface area contributed by atoms with Gasteiger partial charge in [-0.25, -0.2) is 0 Å². The summed E-state index contributed by atoms with van der Waals surface area (Å²) >= 11 is 6.08. The molecule has 1 saturated heterocycles. The zero-order valence-corrected chi connectivity index (χ0v) is 19.5. The van der Waals surface area contributed by atoms with Crippen molar-refractivity contribution in [3.05, 3.63) is 100 Å². The number of pyridine rings is 1. The number of aliphatic hydroxyl groups is 1. The van der Waals surface area contributed by atoms with Crippen LogP contribution in [0.15, 0.2) is 78.6 Å².